The van der Waals surface area contributed by atoms with E-state index in [1.54, 1.807) is 26.0 Å². The van der Waals surface area contributed by atoms with Crippen LogP contribution in [-0.2, 0) is 16.4 Å². The molecule has 0 heterocycles. The lowest BCUT2D eigenvalue weighted by Crippen LogP contribution is -2.33. The van der Waals surface area contributed by atoms with Gasteiger partial charge in [0.15, 0.2) is 0 Å². The smallest absolute Gasteiger partial charge is 0.251 e. The monoisotopic (exact) mass is 374 g/mol. The average molecular weight is 375 g/mol. The molecule has 0 aliphatic heterocycles. The van der Waals surface area contributed by atoms with Crippen molar-refractivity contribution < 1.29 is 13.2 Å². The molecule has 26 heavy (non-hydrogen) atoms. The number of benzene rings is 2. The third-order valence-electron chi connectivity index (χ3n) is 4.27. The summed E-state index contributed by atoms with van der Waals surface area (Å²) in [4.78, 5) is 12.4. The molecular formula is C20H26N2O3S. The molecule has 0 saturated carbocycles. The molecule has 1 amide bonds. The quantitative estimate of drug-likeness (QED) is 0.722. The van der Waals surface area contributed by atoms with Crippen LogP contribution in [0.15, 0.2) is 59.5 Å². The molecule has 0 aromatic heterocycles. The van der Waals surface area contributed by atoms with Crippen molar-refractivity contribution in [3.05, 3.63) is 65.7 Å². The summed E-state index contributed by atoms with van der Waals surface area (Å²) in [7, 11) is -2.06. The van der Waals surface area contributed by atoms with E-state index in [1.807, 2.05) is 18.2 Å². The average Bonchev–Trinajstić information content (AvgIpc) is 2.65. The van der Waals surface area contributed by atoms with E-state index >= 15 is 0 Å². The Bertz CT molecular complexity index is 833. The Morgan fingerprint density at radius 2 is 1.77 bits per heavy atom. The summed E-state index contributed by atoms with van der Waals surface area (Å²) in [6, 6.07) is 16.1. The fourth-order valence-corrected chi connectivity index (χ4v) is 3.90. The van der Waals surface area contributed by atoms with Crippen LogP contribution in [0.1, 0.15) is 36.2 Å². The molecule has 6 heteroatoms. The Labute approximate surface area is 156 Å². The molecule has 2 aromatic rings. The van der Waals surface area contributed by atoms with Gasteiger partial charge in [-0.1, -0.05) is 36.4 Å². The van der Waals surface area contributed by atoms with Crippen LogP contribution in [0.2, 0.25) is 0 Å². The van der Waals surface area contributed by atoms with Crippen LogP contribution >= 0.6 is 0 Å². The van der Waals surface area contributed by atoms with E-state index in [0.29, 0.717) is 12.1 Å². The predicted octanol–water partition coefficient (Wildman–Crippen LogP) is 3.08. The largest absolute Gasteiger partial charge is 0.352 e. The van der Waals surface area contributed by atoms with E-state index in [4.69, 9.17) is 0 Å². The molecule has 0 aliphatic carbocycles. The van der Waals surface area contributed by atoms with Gasteiger partial charge < -0.3 is 5.32 Å². The minimum Gasteiger partial charge on any atom is -0.352 e. The molecule has 0 fully saturated rings. The van der Waals surface area contributed by atoms with Gasteiger partial charge >= 0.3 is 0 Å². The molecule has 0 saturated heterocycles. The van der Waals surface area contributed by atoms with Crippen molar-refractivity contribution in [2.75, 3.05) is 13.6 Å². The summed E-state index contributed by atoms with van der Waals surface area (Å²) in [5, 5.41) is 2.85. The van der Waals surface area contributed by atoms with Crippen LogP contribution in [0.3, 0.4) is 0 Å². The highest BCUT2D eigenvalue weighted by Gasteiger charge is 2.23. The molecule has 140 valence electrons. The number of amides is 1. The number of rotatable bonds is 8. The van der Waals surface area contributed by atoms with Crippen LogP contribution in [0.4, 0.5) is 0 Å². The van der Waals surface area contributed by atoms with Crippen molar-refractivity contribution in [2.45, 2.75) is 37.6 Å². The van der Waals surface area contributed by atoms with Gasteiger partial charge in [-0.05, 0) is 50.5 Å². The maximum absolute atomic E-state index is 12.6. The van der Waals surface area contributed by atoms with Crippen LogP contribution in [0.5, 0.6) is 0 Å². The second-order valence-electron chi connectivity index (χ2n) is 6.49. The Balaban J connectivity index is 1.97. The van der Waals surface area contributed by atoms with Crippen molar-refractivity contribution in [3.8, 4) is 0 Å². The van der Waals surface area contributed by atoms with E-state index in [9.17, 15) is 13.2 Å². The number of carbonyl (C=O) groups excluding carboxylic acids is 1. The van der Waals surface area contributed by atoms with Gasteiger partial charge in [0.1, 0.15) is 0 Å². The van der Waals surface area contributed by atoms with E-state index in [2.05, 4.69) is 17.4 Å². The SMILES string of the molecule is CC(C)N(C)S(=O)(=O)c1cccc(C(=O)NCCCc2ccccc2)c1. The van der Waals surface area contributed by atoms with E-state index in [-0.39, 0.29) is 16.8 Å². The molecule has 0 bridgehead atoms. The number of nitrogens with one attached hydrogen (secondary N) is 1. The van der Waals surface area contributed by atoms with Crippen LogP contribution in [-0.4, -0.2) is 38.3 Å². The van der Waals surface area contributed by atoms with Crippen LogP contribution < -0.4 is 5.32 Å². The van der Waals surface area contributed by atoms with E-state index in [0.717, 1.165) is 12.8 Å². The normalized spacial score (nSPS) is 11.7. The lowest BCUT2D eigenvalue weighted by atomic mass is 10.1. The van der Waals surface area contributed by atoms with Crippen molar-refractivity contribution in [3.63, 3.8) is 0 Å². The Kier molecular flexibility index (Phi) is 6.94. The van der Waals surface area contributed by atoms with E-state index < -0.39 is 10.0 Å². The first-order valence-electron chi connectivity index (χ1n) is 8.72. The fourth-order valence-electron chi connectivity index (χ4n) is 2.48. The minimum atomic E-state index is -3.60. The summed E-state index contributed by atoms with van der Waals surface area (Å²) < 4.78 is 26.4. The number of carbonyl (C=O) groups is 1. The number of aryl methyl sites for hydroxylation is 1. The number of hydrogen-bond donors (Lipinski definition) is 1. The minimum absolute atomic E-state index is 0.130. The van der Waals surface area contributed by atoms with Crippen molar-refractivity contribution in [1.82, 2.24) is 9.62 Å². The maximum atomic E-state index is 12.6. The predicted molar refractivity (Wildman–Crippen MR) is 104 cm³/mol. The Hall–Kier alpha value is -2.18. The number of sulfonamides is 1. The summed E-state index contributed by atoms with van der Waals surface area (Å²) >= 11 is 0. The molecule has 1 N–H and O–H groups in total. The third kappa shape index (κ3) is 5.16. The van der Waals surface area contributed by atoms with Gasteiger partial charge in [-0.25, -0.2) is 8.42 Å². The van der Waals surface area contributed by atoms with Gasteiger partial charge in [0.25, 0.3) is 5.91 Å². The molecule has 0 spiro atoms. The zero-order chi connectivity index (χ0) is 19.2. The van der Waals surface area contributed by atoms with Gasteiger partial charge in [-0.2, -0.15) is 4.31 Å². The second-order valence-corrected chi connectivity index (χ2v) is 8.49. The molecular weight excluding hydrogens is 348 g/mol. The highest BCUT2D eigenvalue weighted by atomic mass is 32.2. The van der Waals surface area contributed by atoms with Crippen molar-refractivity contribution >= 4 is 15.9 Å². The van der Waals surface area contributed by atoms with E-state index in [1.165, 1.54) is 29.0 Å². The lowest BCUT2D eigenvalue weighted by Gasteiger charge is -2.21. The molecule has 2 rings (SSSR count). The summed E-state index contributed by atoms with van der Waals surface area (Å²) in [5.41, 5.74) is 1.58. The highest BCUT2D eigenvalue weighted by molar-refractivity contribution is 7.89. The van der Waals surface area contributed by atoms with Crippen LogP contribution in [0.25, 0.3) is 0 Å². The number of hydrogen-bond acceptors (Lipinski definition) is 3. The Morgan fingerprint density at radius 1 is 1.08 bits per heavy atom. The van der Waals surface area contributed by atoms with Gasteiger partial charge in [0.2, 0.25) is 10.0 Å². The summed E-state index contributed by atoms with van der Waals surface area (Å²) in [5.74, 6) is -0.262. The third-order valence-corrected chi connectivity index (χ3v) is 6.30. The zero-order valence-corrected chi connectivity index (χ0v) is 16.3. The highest BCUT2D eigenvalue weighted by Crippen LogP contribution is 2.18. The molecule has 2 aromatic carbocycles. The standard InChI is InChI=1S/C20H26N2O3S/c1-16(2)22(3)26(24,25)19-13-7-12-18(15-19)20(23)21-14-8-11-17-9-5-4-6-10-17/h4-7,9-10,12-13,15-16H,8,11,14H2,1-3H3,(H,21,23). The zero-order valence-electron chi connectivity index (χ0n) is 15.5. The second kappa shape index (κ2) is 8.96. The maximum Gasteiger partial charge on any atom is 0.251 e. The van der Waals surface area contributed by atoms with Crippen molar-refractivity contribution in [2.24, 2.45) is 0 Å². The topological polar surface area (TPSA) is 66.5 Å². The van der Waals surface area contributed by atoms with Gasteiger partial charge in [-0.15, -0.1) is 0 Å². The van der Waals surface area contributed by atoms with Gasteiger partial charge in [0, 0.05) is 25.2 Å². The molecule has 0 atom stereocenters. The molecule has 0 aliphatic rings. The first-order valence-corrected chi connectivity index (χ1v) is 10.2. The molecule has 0 unspecified atom stereocenters. The summed E-state index contributed by atoms with van der Waals surface area (Å²) in [6.45, 7) is 4.15. The number of nitrogens with zero attached hydrogens (tertiary/aromatic N) is 1. The Morgan fingerprint density at radius 3 is 2.42 bits per heavy atom. The lowest BCUT2D eigenvalue weighted by molar-refractivity contribution is 0.0953. The molecule has 0 radical (unpaired) electrons. The fraction of sp³-hybridized carbons (Fsp3) is 0.350. The molecule has 5 nitrogen and oxygen atoms in total. The first kappa shape index (κ1) is 20.1. The first-order chi connectivity index (χ1) is 12.3. The van der Waals surface area contributed by atoms with Crippen molar-refractivity contribution in [1.29, 1.82) is 0 Å². The van der Waals surface area contributed by atoms with Crippen LogP contribution in [0, 0.1) is 0 Å². The van der Waals surface area contributed by atoms with Gasteiger partial charge in [-0.3, -0.25) is 4.79 Å². The van der Waals surface area contributed by atoms with Gasteiger partial charge in [0.05, 0.1) is 4.90 Å². The summed E-state index contributed by atoms with van der Waals surface area (Å²) in [6.07, 6.45) is 1.71.